The normalized spacial score (nSPS) is 13.8. The van der Waals surface area contributed by atoms with Crippen molar-refractivity contribution in [3.05, 3.63) is 58.1 Å². The van der Waals surface area contributed by atoms with Crippen molar-refractivity contribution in [1.29, 1.82) is 0 Å². The minimum atomic E-state index is 0.213. The Balaban J connectivity index is 1.78. The van der Waals surface area contributed by atoms with Crippen LogP contribution in [0, 0.1) is 27.7 Å². The van der Waals surface area contributed by atoms with Gasteiger partial charge in [0.25, 0.3) is 0 Å². The molecule has 0 aliphatic carbocycles. The number of anilines is 1. The number of nitrogens with zero attached hydrogens (tertiary/aromatic N) is 1. The van der Waals surface area contributed by atoms with E-state index in [4.69, 9.17) is 0 Å². The van der Waals surface area contributed by atoms with E-state index >= 15 is 0 Å². The molecule has 126 valence electrons. The van der Waals surface area contributed by atoms with Gasteiger partial charge in [0.15, 0.2) is 0 Å². The molecule has 1 aliphatic heterocycles. The van der Waals surface area contributed by atoms with Crippen molar-refractivity contribution in [3.8, 4) is 0 Å². The smallest absolute Gasteiger partial charge is 0.237 e. The van der Waals surface area contributed by atoms with Gasteiger partial charge in [-0.1, -0.05) is 24.3 Å². The van der Waals surface area contributed by atoms with Crippen molar-refractivity contribution in [1.82, 2.24) is 0 Å². The molecule has 0 unspecified atom stereocenters. The first kappa shape index (κ1) is 17.1. The zero-order valence-electron chi connectivity index (χ0n) is 15.0. The van der Waals surface area contributed by atoms with E-state index < -0.39 is 0 Å². The Kier molecular flexibility index (Phi) is 5.00. The van der Waals surface area contributed by atoms with Gasteiger partial charge in [-0.2, -0.15) is 0 Å². The summed E-state index contributed by atoms with van der Waals surface area (Å²) in [6.45, 7) is 9.44. The van der Waals surface area contributed by atoms with Gasteiger partial charge in [-0.15, -0.1) is 11.8 Å². The van der Waals surface area contributed by atoms with E-state index in [1.807, 2.05) is 11.0 Å². The minimum absolute atomic E-state index is 0.213. The summed E-state index contributed by atoms with van der Waals surface area (Å²) in [6, 6.07) is 10.5. The average molecular weight is 340 g/mol. The summed E-state index contributed by atoms with van der Waals surface area (Å²) in [6.07, 6.45) is 2.12. The van der Waals surface area contributed by atoms with Crippen molar-refractivity contribution in [2.45, 2.75) is 45.4 Å². The van der Waals surface area contributed by atoms with Crippen LogP contribution in [-0.4, -0.2) is 18.2 Å². The molecule has 0 saturated carbocycles. The van der Waals surface area contributed by atoms with Crippen LogP contribution in [-0.2, 0) is 11.2 Å². The molecule has 0 aromatic heterocycles. The molecule has 2 nitrogen and oxygen atoms in total. The number of rotatable bonds is 3. The molecule has 0 atom stereocenters. The molecular weight excluding hydrogens is 314 g/mol. The highest BCUT2D eigenvalue weighted by atomic mass is 32.2. The summed E-state index contributed by atoms with van der Waals surface area (Å²) in [4.78, 5) is 16.1. The zero-order chi connectivity index (χ0) is 17.3. The van der Waals surface area contributed by atoms with Gasteiger partial charge in [-0.3, -0.25) is 4.79 Å². The van der Waals surface area contributed by atoms with Crippen molar-refractivity contribution in [3.63, 3.8) is 0 Å². The second-order valence-corrected chi connectivity index (χ2v) is 7.64. The lowest BCUT2D eigenvalue weighted by atomic mass is 10.0. The quantitative estimate of drug-likeness (QED) is 0.734. The van der Waals surface area contributed by atoms with Gasteiger partial charge in [0.1, 0.15) is 0 Å². The maximum atomic E-state index is 12.8. The first-order valence-corrected chi connectivity index (χ1v) is 9.56. The standard InChI is InChI=1S/C21H25NOS/c1-14-12-15(2)17(4)21(16(14)3)24-13-20(23)22-11-7-9-18-8-5-6-10-19(18)22/h5-6,8,10,12H,7,9,11,13H2,1-4H3. The average Bonchev–Trinajstić information content (AvgIpc) is 2.59. The highest BCUT2D eigenvalue weighted by Gasteiger charge is 2.22. The van der Waals surface area contributed by atoms with E-state index in [0.29, 0.717) is 5.75 Å². The van der Waals surface area contributed by atoms with Crippen LogP contribution in [0.3, 0.4) is 0 Å². The Hall–Kier alpha value is -1.74. The Bertz CT molecular complexity index is 755. The Labute approximate surface area is 149 Å². The van der Waals surface area contributed by atoms with Crippen LogP contribution < -0.4 is 4.90 Å². The van der Waals surface area contributed by atoms with Crippen LogP contribution in [0.15, 0.2) is 35.2 Å². The minimum Gasteiger partial charge on any atom is -0.311 e. The number of para-hydroxylation sites is 1. The first-order chi connectivity index (χ1) is 11.5. The summed E-state index contributed by atoms with van der Waals surface area (Å²) in [5, 5.41) is 0. The van der Waals surface area contributed by atoms with Gasteiger partial charge in [0.2, 0.25) is 5.91 Å². The van der Waals surface area contributed by atoms with Crippen LogP contribution in [0.4, 0.5) is 5.69 Å². The molecule has 24 heavy (non-hydrogen) atoms. The van der Waals surface area contributed by atoms with Crippen LogP contribution >= 0.6 is 11.8 Å². The first-order valence-electron chi connectivity index (χ1n) is 8.57. The molecule has 1 heterocycles. The summed E-state index contributed by atoms with van der Waals surface area (Å²) in [7, 11) is 0. The second kappa shape index (κ2) is 7.02. The fraction of sp³-hybridized carbons (Fsp3) is 0.381. The molecule has 2 aromatic rings. The predicted octanol–water partition coefficient (Wildman–Crippen LogP) is 4.99. The molecule has 1 amide bonds. The Morgan fingerprint density at radius 1 is 1.08 bits per heavy atom. The molecule has 0 bridgehead atoms. The number of hydrogen-bond acceptors (Lipinski definition) is 2. The molecule has 0 saturated heterocycles. The number of amides is 1. The molecule has 0 radical (unpaired) electrons. The van der Waals surface area contributed by atoms with Gasteiger partial charge in [0, 0.05) is 17.1 Å². The summed E-state index contributed by atoms with van der Waals surface area (Å²) in [5.41, 5.74) is 7.60. The van der Waals surface area contributed by atoms with Crippen LogP contribution in [0.2, 0.25) is 0 Å². The van der Waals surface area contributed by atoms with Crippen molar-refractivity contribution < 1.29 is 4.79 Å². The number of benzene rings is 2. The van der Waals surface area contributed by atoms with E-state index in [2.05, 4.69) is 52.0 Å². The Morgan fingerprint density at radius 3 is 2.46 bits per heavy atom. The van der Waals surface area contributed by atoms with E-state index in [-0.39, 0.29) is 5.91 Å². The van der Waals surface area contributed by atoms with Crippen molar-refractivity contribution in [2.75, 3.05) is 17.2 Å². The zero-order valence-corrected chi connectivity index (χ0v) is 15.8. The fourth-order valence-electron chi connectivity index (χ4n) is 3.40. The van der Waals surface area contributed by atoms with Gasteiger partial charge in [-0.05, 0) is 74.4 Å². The van der Waals surface area contributed by atoms with Crippen LogP contribution in [0.1, 0.15) is 34.2 Å². The lowest BCUT2D eigenvalue weighted by Crippen LogP contribution is -2.36. The SMILES string of the molecule is Cc1cc(C)c(C)c(SCC(=O)N2CCCc3ccccc32)c1C. The van der Waals surface area contributed by atoms with E-state index in [1.165, 1.54) is 32.7 Å². The topological polar surface area (TPSA) is 20.3 Å². The van der Waals surface area contributed by atoms with Gasteiger partial charge in [0.05, 0.1) is 5.75 Å². The molecule has 0 N–H and O–H groups in total. The highest BCUT2D eigenvalue weighted by Crippen LogP contribution is 2.32. The number of fused-ring (bicyclic) bond motifs is 1. The monoisotopic (exact) mass is 339 g/mol. The van der Waals surface area contributed by atoms with Crippen molar-refractivity contribution >= 4 is 23.4 Å². The summed E-state index contributed by atoms with van der Waals surface area (Å²) < 4.78 is 0. The molecule has 2 aromatic carbocycles. The number of aryl methyl sites for hydroxylation is 3. The summed E-state index contributed by atoms with van der Waals surface area (Å²) >= 11 is 1.69. The molecule has 3 rings (SSSR count). The molecule has 1 aliphatic rings. The van der Waals surface area contributed by atoms with E-state index in [1.54, 1.807) is 11.8 Å². The van der Waals surface area contributed by atoms with Crippen LogP contribution in [0.25, 0.3) is 0 Å². The van der Waals surface area contributed by atoms with E-state index in [9.17, 15) is 4.79 Å². The van der Waals surface area contributed by atoms with Gasteiger partial charge < -0.3 is 4.90 Å². The van der Waals surface area contributed by atoms with Crippen LogP contribution in [0.5, 0.6) is 0 Å². The largest absolute Gasteiger partial charge is 0.311 e. The lowest BCUT2D eigenvalue weighted by Gasteiger charge is -2.29. The second-order valence-electron chi connectivity index (χ2n) is 6.66. The maximum absolute atomic E-state index is 12.8. The van der Waals surface area contributed by atoms with Gasteiger partial charge >= 0.3 is 0 Å². The maximum Gasteiger partial charge on any atom is 0.237 e. The highest BCUT2D eigenvalue weighted by molar-refractivity contribution is 8.00. The molecule has 3 heteroatoms. The Morgan fingerprint density at radius 2 is 1.75 bits per heavy atom. The predicted molar refractivity (Wildman–Crippen MR) is 103 cm³/mol. The van der Waals surface area contributed by atoms with E-state index in [0.717, 1.165) is 25.1 Å². The number of hydrogen-bond donors (Lipinski definition) is 0. The molecule has 0 fully saturated rings. The number of carbonyl (C=O) groups excluding carboxylic acids is 1. The third-order valence-electron chi connectivity index (χ3n) is 5.05. The molecular formula is C21H25NOS. The third kappa shape index (κ3) is 3.23. The number of carbonyl (C=O) groups is 1. The van der Waals surface area contributed by atoms with Gasteiger partial charge in [-0.25, -0.2) is 0 Å². The molecule has 0 spiro atoms. The lowest BCUT2D eigenvalue weighted by molar-refractivity contribution is -0.116. The summed E-state index contributed by atoms with van der Waals surface area (Å²) in [5.74, 6) is 0.712. The third-order valence-corrected chi connectivity index (χ3v) is 6.34. The fourth-order valence-corrected chi connectivity index (χ4v) is 4.58. The van der Waals surface area contributed by atoms with Crippen molar-refractivity contribution in [2.24, 2.45) is 0 Å². The number of thioether (sulfide) groups is 1.